The second kappa shape index (κ2) is 71.3. The first-order chi connectivity index (χ1) is 48.2. The highest BCUT2D eigenvalue weighted by atomic mass is 31.2. The van der Waals surface area contributed by atoms with E-state index in [0.29, 0.717) is 25.7 Å². The molecule has 0 bridgehead atoms. The number of unbranched alkanes of at least 4 members (excludes halogenated alkanes) is 47. The van der Waals surface area contributed by atoms with E-state index in [1.54, 1.807) is 0 Å². The average Bonchev–Trinajstić information content (AvgIpc) is 0.928. The Morgan fingerprint density at radius 3 is 0.680 bits per heavy atom. The molecule has 0 fully saturated rings. The van der Waals surface area contributed by atoms with Crippen molar-refractivity contribution >= 4 is 39.5 Å². The Morgan fingerprint density at radius 2 is 0.460 bits per heavy atom. The van der Waals surface area contributed by atoms with Crippen molar-refractivity contribution in [3.63, 3.8) is 0 Å². The molecular weight excluding hydrogens is 1310 g/mol. The van der Waals surface area contributed by atoms with Gasteiger partial charge in [-0.05, 0) is 43.4 Å². The lowest BCUT2D eigenvalue weighted by atomic mass is 10.0. The zero-order chi connectivity index (χ0) is 73.7. The normalized spacial score (nSPS) is 14.0. The number of hydrogen-bond donors (Lipinski definition) is 3. The third-order valence-electron chi connectivity index (χ3n) is 18.9. The predicted molar refractivity (Wildman–Crippen MR) is 409 cm³/mol. The fraction of sp³-hybridized carbons (Fsp3) is 0.951. The fourth-order valence-electron chi connectivity index (χ4n) is 12.5. The van der Waals surface area contributed by atoms with Crippen LogP contribution in [0.3, 0.4) is 0 Å². The Hall–Kier alpha value is -1.94. The van der Waals surface area contributed by atoms with Crippen molar-refractivity contribution in [3.05, 3.63) is 0 Å². The molecule has 0 spiro atoms. The number of carbonyl (C=O) groups is 4. The SMILES string of the molecule is CCCCCCCCCCCC(=O)OC[C@H](COP(=O)(O)OC[C@H](O)COP(=O)(O)OC[C@@H](COC(=O)CCCCCCCCCCCCCCCCC(C)C)OC(=O)CCCCCCCCCCCCCCCCCC(C)C)OC(=O)CCCCCCCCCCCCCCCC(C)C. The molecule has 3 N–H and O–H groups in total. The van der Waals surface area contributed by atoms with Crippen molar-refractivity contribution in [2.45, 2.75) is 439 Å². The van der Waals surface area contributed by atoms with Crippen LogP contribution in [0.15, 0.2) is 0 Å². The Bertz CT molecular complexity index is 1940. The van der Waals surface area contributed by atoms with Gasteiger partial charge in [-0.2, -0.15) is 0 Å². The summed E-state index contributed by atoms with van der Waals surface area (Å²) >= 11 is 0. The minimum absolute atomic E-state index is 0.107. The molecule has 0 aromatic rings. The minimum Gasteiger partial charge on any atom is -0.462 e. The van der Waals surface area contributed by atoms with Crippen molar-refractivity contribution < 1.29 is 80.2 Å². The van der Waals surface area contributed by atoms with Crippen LogP contribution >= 0.6 is 15.6 Å². The maximum atomic E-state index is 13.1. The van der Waals surface area contributed by atoms with Crippen molar-refractivity contribution in [1.29, 1.82) is 0 Å². The van der Waals surface area contributed by atoms with Gasteiger partial charge in [0.2, 0.25) is 0 Å². The Kier molecular flexibility index (Phi) is 69.9. The van der Waals surface area contributed by atoms with Gasteiger partial charge in [-0.25, -0.2) is 9.13 Å². The molecule has 5 atom stereocenters. The van der Waals surface area contributed by atoms with Gasteiger partial charge in [0.25, 0.3) is 0 Å². The monoisotopic (exact) mass is 1470 g/mol. The number of ether oxygens (including phenoxy) is 4. The highest BCUT2D eigenvalue weighted by molar-refractivity contribution is 7.47. The zero-order valence-corrected chi connectivity index (χ0v) is 67.5. The van der Waals surface area contributed by atoms with Gasteiger partial charge in [-0.15, -0.1) is 0 Å². The van der Waals surface area contributed by atoms with E-state index in [0.717, 1.165) is 108 Å². The van der Waals surface area contributed by atoms with Gasteiger partial charge in [-0.3, -0.25) is 37.3 Å². The molecule has 19 heteroatoms. The summed E-state index contributed by atoms with van der Waals surface area (Å²) in [6.45, 7) is 12.0. The summed E-state index contributed by atoms with van der Waals surface area (Å²) in [5, 5.41) is 10.6. The number of hydrogen-bond acceptors (Lipinski definition) is 15. The van der Waals surface area contributed by atoms with Crippen LogP contribution in [0.4, 0.5) is 0 Å². The average molecular weight is 1470 g/mol. The summed E-state index contributed by atoms with van der Waals surface area (Å²) in [4.78, 5) is 73.0. The quantitative estimate of drug-likeness (QED) is 0.0222. The number of aliphatic hydroxyl groups excluding tert-OH is 1. The van der Waals surface area contributed by atoms with Crippen LogP contribution in [-0.4, -0.2) is 96.7 Å². The van der Waals surface area contributed by atoms with Crippen molar-refractivity contribution in [1.82, 2.24) is 0 Å². The first-order valence-electron chi connectivity index (χ1n) is 41.8. The molecule has 0 aromatic carbocycles. The van der Waals surface area contributed by atoms with Crippen molar-refractivity contribution in [2.24, 2.45) is 17.8 Å². The molecule has 0 heterocycles. The number of phosphoric ester groups is 2. The smallest absolute Gasteiger partial charge is 0.462 e. The van der Waals surface area contributed by atoms with Gasteiger partial charge in [0.15, 0.2) is 12.2 Å². The van der Waals surface area contributed by atoms with E-state index in [4.69, 9.17) is 37.0 Å². The highest BCUT2D eigenvalue weighted by Crippen LogP contribution is 2.45. The third kappa shape index (κ3) is 74.3. The number of rotatable bonds is 79. The summed E-state index contributed by atoms with van der Waals surface area (Å²) in [5.74, 6) is 0.278. The van der Waals surface area contributed by atoms with Crippen LogP contribution in [0.5, 0.6) is 0 Å². The molecule has 0 amide bonds. The number of aliphatic hydroxyl groups is 1. The van der Waals surface area contributed by atoms with Crippen LogP contribution < -0.4 is 0 Å². The molecule has 0 aliphatic carbocycles. The minimum atomic E-state index is -4.96. The van der Waals surface area contributed by atoms with E-state index >= 15 is 0 Å². The summed E-state index contributed by atoms with van der Waals surface area (Å²) < 4.78 is 68.7. The number of esters is 4. The third-order valence-corrected chi connectivity index (χ3v) is 20.8. The summed E-state index contributed by atoms with van der Waals surface area (Å²) in [5.41, 5.74) is 0. The van der Waals surface area contributed by atoms with E-state index in [1.165, 1.54) is 231 Å². The van der Waals surface area contributed by atoms with Gasteiger partial charge in [0.1, 0.15) is 19.3 Å². The van der Waals surface area contributed by atoms with E-state index in [9.17, 15) is 43.2 Å². The maximum Gasteiger partial charge on any atom is 0.472 e. The molecule has 594 valence electrons. The van der Waals surface area contributed by atoms with Crippen LogP contribution in [0.1, 0.15) is 421 Å². The molecule has 0 aliphatic heterocycles. The first kappa shape index (κ1) is 98.1. The lowest BCUT2D eigenvalue weighted by molar-refractivity contribution is -0.161. The first-order valence-corrected chi connectivity index (χ1v) is 44.8. The van der Waals surface area contributed by atoms with E-state index in [-0.39, 0.29) is 25.7 Å². The van der Waals surface area contributed by atoms with Crippen molar-refractivity contribution in [2.75, 3.05) is 39.6 Å². The predicted octanol–water partition coefficient (Wildman–Crippen LogP) is 24.1. The van der Waals surface area contributed by atoms with Crippen LogP contribution in [-0.2, 0) is 65.4 Å². The highest BCUT2D eigenvalue weighted by Gasteiger charge is 2.30. The van der Waals surface area contributed by atoms with Gasteiger partial charge in [-0.1, -0.05) is 370 Å². The van der Waals surface area contributed by atoms with Gasteiger partial charge >= 0.3 is 39.5 Å². The Morgan fingerprint density at radius 1 is 0.270 bits per heavy atom. The molecule has 0 saturated carbocycles. The molecule has 0 saturated heterocycles. The van der Waals surface area contributed by atoms with E-state index in [1.807, 2.05) is 0 Å². The standard InChI is InChI=1S/C81H158O17P2/c1-8-9-10-11-12-31-41-48-55-62-78(83)91-68-76(97-81(86)65-58-51-44-37-30-24-18-21-27-34-40-47-54-61-74(6)7)70-95-99(87,88)93-66-75(82)67-94-100(89,90)96-71-77(69-92-79(84)63-56-49-42-35-28-22-17-16-20-26-33-39-46-53-60-73(4)5)98-80(85)64-57-50-43-36-29-23-15-13-14-19-25-32-38-45-52-59-72(2)3/h72-77,82H,8-71H2,1-7H3,(H,87,88)(H,89,90)/t75-,76+,77+/m0/s1. The van der Waals surface area contributed by atoms with Crippen LogP contribution in [0.2, 0.25) is 0 Å². The lowest BCUT2D eigenvalue weighted by Crippen LogP contribution is -2.30. The molecule has 0 aliphatic rings. The van der Waals surface area contributed by atoms with Gasteiger partial charge in [0, 0.05) is 25.7 Å². The van der Waals surface area contributed by atoms with E-state index in [2.05, 4.69) is 48.5 Å². The second-order valence-corrected chi connectivity index (χ2v) is 33.5. The summed E-state index contributed by atoms with van der Waals surface area (Å²) in [7, 11) is -9.92. The molecule has 2 unspecified atom stereocenters. The fourth-order valence-corrected chi connectivity index (χ4v) is 14.1. The summed E-state index contributed by atoms with van der Waals surface area (Å²) in [6.07, 6.45) is 59.6. The molecule has 0 radical (unpaired) electrons. The van der Waals surface area contributed by atoms with Gasteiger partial charge < -0.3 is 33.8 Å². The maximum absolute atomic E-state index is 13.1. The lowest BCUT2D eigenvalue weighted by Gasteiger charge is -2.21. The number of carbonyl (C=O) groups excluding carboxylic acids is 4. The Labute approximate surface area is 613 Å². The van der Waals surface area contributed by atoms with Gasteiger partial charge in [0.05, 0.1) is 26.4 Å². The second-order valence-electron chi connectivity index (χ2n) is 30.6. The number of phosphoric acid groups is 2. The topological polar surface area (TPSA) is 237 Å². The zero-order valence-electron chi connectivity index (χ0n) is 65.7. The summed E-state index contributed by atoms with van der Waals surface area (Å²) in [6, 6.07) is 0. The largest absolute Gasteiger partial charge is 0.472 e. The molecule has 0 rings (SSSR count). The molecule has 0 aromatic heterocycles. The van der Waals surface area contributed by atoms with Crippen LogP contribution in [0.25, 0.3) is 0 Å². The Balaban J connectivity index is 5.23. The van der Waals surface area contributed by atoms with Crippen LogP contribution in [0, 0.1) is 17.8 Å². The van der Waals surface area contributed by atoms with Crippen molar-refractivity contribution in [3.8, 4) is 0 Å². The van der Waals surface area contributed by atoms with E-state index < -0.39 is 97.5 Å². The molecule has 17 nitrogen and oxygen atoms in total. The molecule has 100 heavy (non-hydrogen) atoms. The molecular formula is C81H158O17P2.